The molecule has 0 bridgehead atoms. The fraction of sp³-hybridized carbons (Fsp3) is 0.364. The zero-order chi connectivity index (χ0) is 13.1. The van der Waals surface area contributed by atoms with E-state index >= 15 is 0 Å². The van der Waals surface area contributed by atoms with E-state index in [1.807, 2.05) is 0 Å². The van der Waals surface area contributed by atoms with Gasteiger partial charge in [-0.1, -0.05) is 0 Å². The number of hydrogen-bond acceptors (Lipinski definition) is 2. The van der Waals surface area contributed by atoms with Gasteiger partial charge in [-0.05, 0) is 30.2 Å². The van der Waals surface area contributed by atoms with Crippen molar-refractivity contribution in [2.75, 3.05) is 7.11 Å². The van der Waals surface area contributed by atoms with Gasteiger partial charge in [0.25, 0.3) is 0 Å². The van der Waals surface area contributed by atoms with Gasteiger partial charge in [-0.2, -0.15) is 8.78 Å². The first-order valence-corrected chi connectivity index (χ1v) is 4.80. The van der Waals surface area contributed by atoms with Crippen molar-refractivity contribution in [2.45, 2.75) is 18.8 Å². The third-order valence-corrected chi connectivity index (χ3v) is 2.26. The van der Waals surface area contributed by atoms with Crippen LogP contribution in [0.25, 0.3) is 0 Å². The number of carboxylic acid groups (broad SMARTS) is 1. The number of carboxylic acids is 1. The second-order valence-electron chi connectivity index (χ2n) is 3.47. The number of aryl methyl sites for hydroxylation is 1. The van der Waals surface area contributed by atoms with Crippen LogP contribution in [0.5, 0.6) is 5.75 Å². The summed E-state index contributed by atoms with van der Waals surface area (Å²) in [5.74, 6) is -6.34. The molecule has 0 amide bonds. The van der Waals surface area contributed by atoms with Gasteiger partial charge in [-0.3, -0.25) is 0 Å². The molecule has 0 heterocycles. The number of ether oxygens (including phenoxy) is 1. The summed E-state index contributed by atoms with van der Waals surface area (Å²) in [6.07, 6.45) is -1.18. The van der Waals surface area contributed by atoms with E-state index in [1.54, 1.807) is 0 Å². The van der Waals surface area contributed by atoms with Crippen LogP contribution in [-0.2, 0) is 11.2 Å². The Morgan fingerprint density at radius 1 is 1.47 bits per heavy atom. The first-order valence-electron chi connectivity index (χ1n) is 4.80. The zero-order valence-electron chi connectivity index (χ0n) is 9.04. The summed E-state index contributed by atoms with van der Waals surface area (Å²) in [4.78, 5) is 10.2. The fourth-order valence-corrected chi connectivity index (χ4v) is 1.34. The number of aliphatic carboxylic acids is 1. The highest BCUT2D eigenvalue weighted by molar-refractivity contribution is 5.75. The molecule has 0 spiro atoms. The molecule has 0 atom stereocenters. The monoisotopic (exact) mass is 248 g/mol. The highest BCUT2D eigenvalue weighted by Gasteiger charge is 2.38. The van der Waals surface area contributed by atoms with Gasteiger partial charge in [0.15, 0.2) is 0 Å². The summed E-state index contributed by atoms with van der Waals surface area (Å²) in [5.41, 5.74) is 0.216. The number of rotatable bonds is 5. The maximum Gasteiger partial charge on any atom is 0.374 e. The molecule has 1 aromatic carbocycles. The average Bonchev–Trinajstić information content (AvgIpc) is 2.26. The predicted octanol–water partition coefficient (Wildman–Crippen LogP) is 2.49. The molecular formula is C11H11F3O3. The highest BCUT2D eigenvalue weighted by Crippen LogP contribution is 2.26. The first kappa shape index (κ1) is 13.3. The molecule has 0 aliphatic heterocycles. The molecule has 0 saturated carbocycles. The zero-order valence-corrected chi connectivity index (χ0v) is 9.04. The van der Waals surface area contributed by atoms with E-state index in [0.29, 0.717) is 0 Å². The van der Waals surface area contributed by atoms with Gasteiger partial charge in [0, 0.05) is 6.42 Å². The average molecular weight is 248 g/mol. The molecule has 17 heavy (non-hydrogen) atoms. The Hall–Kier alpha value is -1.72. The normalized spacial score (nSPS) is 11.3. The summed E-state index contributed by atoms with van der Waals surface area (Å²) in [6.45, 7) is 0. The van der Waals surface area contributed by atoms with Crippen LogP contribution < -0.4 is 4.74 Å². The van der Waals surface area contributed by atoms with Crippen molar-refractivity contribution in [1.29, 1.82) is 0 Å². The lowest BCUT2D eigenvalue weighted by Crippen LogP contribution is -2.28. The Morgan fingerprint density at radius 2 is 2.12 bits per heavy atom. The van der Waals surface area contributed by atoms with Crippen molar-refractivity contribution >= 4 is 5.97 Å². The molecule has 1 N–H and O–H groups in total. The van der Waals surface area contributed by atoms with Gasteiger partial charge in [0.1, 0.15) is 11.6 Å². The molecule has 6 heteroatoms. The number of alkyl halides is 2. The van der Waals surface area contributed by atoms with Gasteiger partial charge >= 0.3 is 11.9 Å². The van der Waals surface area contributed by atoms with Crippen LogP contribution in [0.3, 0.4) is 0 Å². The lowest BCUT2D eigenvalue weighted by molar-refractivity contribution is -0.165. The second kappa shape index (κ2) is 5.07. The molecule has 0 saturated heterocycles. The van der Waals surface area contributed by atoms with E-state index in [2.05, 4.69) is 0 Å². The van der Waals surface area contributed by atoms with Crippen LogP contribution in [-0.4, -0.2) is 24.1 Å². The Bertz CT molecular complexity index is 418. The van der Waals surface area contributed by atoms with Gasteiger partial charge in [0.05, 0.1) is 7.11 Å². The van der Waals surface area contributed by atoms with E-state index in [4.69, 9.17) is 9.84 Å². The van der Waals surface area contributed by atoms with Crippen molar-refractivity contribution in [2.24, 2.45) is 0 Å². The van der Waals surface area contributed by atoms with Gasteiger partial charge in [-0.25, -0.2) is 9.18 Å². The molecule has 0 aliphatic carbocycles. The molecule has 0 fully saturated rings. The van der Waals surface area contributed by atoms with Crippen molar-refractivity contribution in [3.8, 4) is 5.75 Å². The van der Waals surface area contributed by atoms with Crippen LogP contribution in [0.15, 0.2) is 18.2 Å². The second-order valence-corrected chi connectivity index (χ2v) is 3.47. The van der Waals surface area contributed by atoms with Crippen LogP contribution in [0.1, 0.15) is 12.0 Å². The van der Waals surface area contributed by atoms with Crippen molar-refractivity contribution < 1.29 is 27.8 Å². The maximum atomic E-state index is 12.9. The predicted molar refractivity (Wildman–Crippen MR) is 53.9 cm³/mol. The molecular weight excluding hydrogens is 237 g/mol. The summed E-state index contributed by atoms with van der Waals surface area (Å²) in [7, 11) is 1.33. The van der Waals surface area contributed by atoms with Crippen LogP contribution in [0.2, 0.25) is 0 Å². The standard InChI is InChI=1S/C11H11F3O3/c1-17-9-3-2-8(12)6-7(9)4-5-11(13,14)10(15)16/h2-3,6H,4-5H2,1H3,(H,15,16). The quantitative estimate of drug-likeness (QED) is 0.870. The molecule has 3 nitrogen and oxygen atoms in total. The summed E-state index contributed by atoms with van der Waals surface area (Å²) in [5, 5.41) is 8.25. The lowest BCUT2D eigenvalue weighted by atomic mass is 10.1. The van der Waals surface area contributed by atoms with E-state index in [0.717, 1.165) is 12.1 Å². The van der Waals surface area contributed by atoms with E-state index in [1.165, 1.54) is 13.2 Å². The Balaban J connectivity index is 2.81. The third-order valence-electron chi connectivity index (χ3n) is 2.26. The largest absolute Gasteiger partial charge is 0.496 e. The van der Waals surface area contributed by atoms with Crippen molar-refractivity contribution in [3.05, 3.63) is 29.6 Å². The minimum atomic E-state index is -3.82. The Morgan fingerprint density at radius 3 is 2.65 bits per heavy atom. The molecule has 0 radical (unpaired) electrons. The van der Waals surface area contributed by atoms with Crippen molar-refractivity contribution in [1.82, 2.24) is 0 Å². The summed E-state index contributed by atoms with van der Waals surface area (Å²) < 4.78 is 43.4. The first-order chi connectivity index (χ1) is 7.86. The van der Waals surface area contributed by atoms with E-state index < -0.39 is 24.1 Å². The lowest BCUT2D eigenvalue weighted by Gasteiger charge is -2.12. The number of hydrogen-bond donors (Lipinski definition) is 1. The van der Waals surface area contributed by atoms with E-state index in [9.17, 15) is 18.0 Å². The Kier molecular flexibility index (Phi) is 3.98. The summed E-state index contributed by atoms with van der Waals surface area (Å²) in [6, 6.07) is 3.50. The van der Waals surface area contributed by atoms with E-state index in [-0.39, 0.29) is 17.7 Å². The van der Waals surface area contributed by atoms with Crippen LogP contribution in [0.4, 0.5) is 13.2 Å². The molecule has 0 aliphatic rings. The molecule has 1 rings (SSSR count). The number of halogens is 3. The number of carbonyl (C=O) groups is 1. The molecule has 0 aromatic heterocycles. The number of methoxy groups -OCH3 is 1. The Labute approximate surface area is 95.8 Å². The topological polar surface area (TPSA) is 46.5 Å². The van der Waals surface area contributed by atoms with Crippen LogP contribution in [0, 0.1) is 5.82 Å². The van der Waals surface area contributed by atoms with Gasteiger partial charge < -0.3 is 9.84 Å². The summed E-state index contributed by atoms with van der Waals surface area (Å²) >= 11 is 0. The smallest absolute Gasteiger partial charge is 0.374 e. The minimum Gasteiger partial charge on any atom is -0.496 e. The molecule has 1 aromatic rings. The van der Waals surface area contributed by atoms with Gasteiger partial charge in [-0.15, -0.1) is 0 Å². The maximum absolute atomic E-state index is 12.9. The SMILES string of the molecule is COc1ccc(F)cc1CCC(F)(F)C(=O)O. The highest BCUT2D eigenvalue weighted by atomic mass is 19.3. The fourth-order valence-electron chi connectivity index (χ4n) is 1.34. The van der Waals surface area contributed by atoms with Gasteiger partial charge in [0.2, 0.25) is 0 Å². The molecule has 0 unspecified atom stereocenters. The minimum absolute atomic E-state index is 0.216. The third kappa shape index (κ3) is 3.37. The molecule has 94 valence electrons. The van der Waals surface area contributed by atoms with Crippen molar-refractivity contribution in [3.63, 3.8) is 0 Å². The number of benzene rings is 1. The van der Waals surface area contributed by atoms with Crippen LogP contribution >= 0.6 is 0 Å².